The molecule has 3 saturated carbocycles. The van der Waals surface area contributed by atoms with E-state index in [9.17, 15) is 0 Å². The first kappa shape index (κ1) is 14.9. The van der Waals surface area contributed by atoms with E-state index in [0.717, 1.165) is 24.2 Å². The standard InChI is InChI=1S/C19H34O/c20-13-6-4-2-1-3-5-8-15-11-12-18-16-9-7-10-17(16)19(18)14-15/h15-20H,1-14H2/t15?,16?,17?,18-,19+/m1/s1. The third-order valence-electron chi connectivity index (χ3n) is 6.81. The van der Waals surface area contributed by atoms with Crippen LogP contribution in [0.25, 0.3) is 0 Å². The molecule has 1 heteroatoms. The highest BCUT2D eigenvalue weighted by Crippen LogP contribution is 2.61. The van der Waals surface area contributed by atoms with Gasteiger partial charge in [-0.3, -0.25) is 0 Å². The molecule has 116 valence electrons. The molecule has 0 heterocycles. The molecule has 0 aromatic rings. The van der Waals surface area contributed by atoms with Crippen molar-refractivity contribution in [3.8, 4) is 0 Å². The molecule has 3 rings (SSSR count). The fraction of sp³-hybridized carbons (Fsp3) is 1.00. The first-order valence-corrected chi connectivity index (χ1v) is 9.51. The van der Waals surface area contributed by atoms with Crippen LogP contribution >= 0.6 is 0 Å². The Morgan fingerprint density at radius 1 is 0.650 bits per heavy atom. The topological polar surface area (TPSA) is 20.2 Å². The summed E-state index contributed by atoms with van der Waals surface area (Å²) in [6.45, 7) is 0.382. The molecule has 0 radical (unpaired) electrons. The molecule has 3 fully saturated rings. The predicted octanol–water partition coefficient (Wildman–Crippen LogP) is 5.17. The van der Waals surface area contributed by atoms with Gasteiger partial charge in [0.1, 0.15) is 0 Å². The largest absolute Gasteiger partial charge is 0.396 e. The quantitative estimate of drug-likeness (QED) is 0.607. The van der Waals surface area contributed by atoms with Crippen LogP contribution in [0.5, 0.6) is 0 Å². The summed E-state index contributed by atoms with van der Waals surface area (Å²) in [5, 5.41) is 8.76. The molecular formula is C19H34O. The van der Waals surface area contributed by atoms with E-state index in [1.54, 1.807) is 38.5 Å². The van der Waals surface area contributed by atoms with Gasteiger partial charge < -0.3 is 5.11 Å². The summed E-state index contributed by atoms with van der Waals surface area (Å²) >= 11 is 0. The third kappa shape index (κ3) is 3.24. The summed E-state index contributed by atoms with van der Waals surface area (Å²) in [7, 11) is 0. The highest BCUT2D eigenvalue weighted by Gasteiger charge is 2.53. The molecule has 0 bridgehead atoms. The number of hydrogen-bond acceptors (Lipinski definition) is 1. The fourth-order valence-electron chi connectivity index (χ4n) is 5.79. The molecule has 3 aliphatic rings. The van der Waals surface area contributed by atoms with Crippen LogP contribution in [0.3, 0.4) is 0 Å². The lowest BCUT2D eigenvalue weighted by Crippen LogP contribution is -2.47. The van der Waals surface area contributed by atoms with E-state index in [0.29, 0.717) is 6.61 Å². The summed E-state index contributed by atoms with van der Waals surface area (Å²) in [6.07, 6.45) is 18.8. The van der Waals surface area contributed by atoms with E-state index in [-0.39, 0.29) is 0 Å². The minimum absolute atomic E-state index is 0.382. The minimum Gasteiger partial charge on any atom is -0.396 e. The van der Waals surface area contributed by atoms with E-state index in [4.69, 9.17) is 5.11 Å². The Morgan fingerprint density at radius 2 is 1.30 bits per heavy atom. The molecule has 0 aromatic carbocycles. The third-order valence-corrected chi connectivity index (χ3v) is 6.81. The maximum Gasteiger partial charge on any atom is 0.0431 e. The number of hydrogen-bond donors (Lipinski definition) is 1. The zero-order valence-electron chi connectivity index (χ0n) is 13.2. The van der Waals surface area contributed by atoms with Crippen molar-refractivity contribution in [1.82, 2.24) is 0 Å². The maximum atomic E-state index is 8.76. The van der Waals surface area contributed by atoms with Gasteiger partial charge in [-0.25, -0.2) is 0 Å². The Bertz CT molecular complexity index is 287. The van der Waals surface area contributed by atoms with Gasteiger partial charge in [0.05, 0.1) is 0 Å². The van der Waals surface area contributed by atoms with Crippen molar-refractivity contribution >= 4 is 0 Å². The van der Waals surface area contributed by atoms with Crippen LogP contribution in [-0.4, -0.2) is 11.7 Å². The summed E-state index contributed by atoms with van der Waals surface area (Å²) in [5.41, 5.74) is 0. The summed E-state index contributed by atoms with van der Waals surface area (Å²) in [5.74, 6) is 5.74. The molecule has 1 nitrogen and oxygen atoms in total. The van der Waals surface area contributed by atoms with Crippen LogP contribution < -0.4 is 0 Å². The number of aliphatic hydroxyl groups is 1. The van der Waals surface area contributed by atoms with E-state index in [2.05, 4.69) is 0 Å². The molecule has 0 spiro atoms. The molecule has 0 aliphatic heterocycles. The SMILES string of the molecule is OCCCCCCCCC1CC[C@@H]2C3CCCC3[C@@H]2C1. The summed E-state index contributed by atoms with van der Waals surface area (Å²) < 4.78 is 0. The first-order chi connectivity index (χ1) is 9.90. The van der Waals surface area contributed by atoms with Crippen molar-refractivity contribution in [2.45, 2.75) is 83.5 Å². The minimum atomic E-state index is 0.382. The molecule has 0 amide bonds. The average molecular weight is 278 g/mol. The van der Waals surface area contributed by atoms with Crippen LogP contribution in [0, 0.1) is 29.6 Å². The average Bonchev–Trinajstić information content (AvgIpc) is 2.88. The van der Waals surface area contributed by atoms with E-state index in [1.807, 2.05) is 0 Å². The van der Waals surface area contributed by atoms with Gasteiger partial charge in [0.2, 0.25) is 0 Å². The summed E-state index contributed by atoms with van der Waals surface area (Å²) in [6, 6.07) is 0. The lowest BCUT2D eigenvalue weighted by molar-refractivity contribution is -0.0500. The Morgan fingerprint density at radius 3 is 2.10 bits per heavy atom. The smallest absolute Gasteiger partial charge is 0.0431 e. The molecule has 0 aromatic heterocycles. The van der Waals surface area contributed by atoms with Gasteiger partial charge in [0.25, 0.3) is 0 Å². The molecule has 0 saturated heterocycles. The second-order valence-electron chi connectivity index (χ2n) is 7.90. The normalized spacial score (nSPS) is 39.1. The Balaban J connectivity index is 1.26. The van der Waals surface area contributed by atoms with Gasteiger partial charge in [-0.2, -0.15) is 0 Å². The zero-order valence-corrected chi connectivity index (χ0v) is 13.2. The van der Waals surface area contributed by atoms with Crippen molar-refractivity contribution in [3.63, 3.8) is 0 Å². The van der Waals surface area contributed by atoms with Gasteiger partial charge in [-0.15, -0.1) is 0 Å². The van der Waals surface area contributed by atoms with Gasteiger partial charge in [-0.05, 0) is 61.7 Å². The molecule has 1 N–H and O–H groups in total. The fourth-order valence-corrected chi connectivity index (χ4v) is 5.79. The zero-order chi connectivity index (χ0) is 13.8. The maximum absolute atomic E-state index is 8.76. The molecule has 5 atom stereocenters. The van der Waals surface area contributed by atoms with Crippen LogP contribution in [0.1, 0.15) is 83.5 Å². The van der Waals surface area contributed by atoms with Crippen molar-refractivity contribution in [1.29, 1.82) is 0 Å². The van der Waals surface area contributed by atoms with Crippen LogP contribution in [-0.2, 0) is 0 Å². The van der Waals surface area contributed by atoms with Gasteiger partial charge in [0.15, 0.2) is 0 Å². The highest BCUT2D eigenvalue weighted by atomic mass is 16.2. The van der Waals surface area contributed by atoms with Crippen LogP contribution in [0.15, 0.2) is 0 Å². The molecule has 3 unspecified atom stereocenters. The second kappa shape index (κ2) is 7.29. The van der Waals surface area contributed by atoms with Crippen molar-refractivity contribution in [3.05, 3.63) is 0 Å². The number of unbranched alkanes of at least 4 members (excludes halogenated alkanes) is 5. The predicted molar refractivity (Wildman–Crippen MR) is 84.6 cm³/mol. The van der Waals surface area contributed by atoms with Crippen molar-refractivity contribution < 1.29 is 5.11 Å². The van der Waals surface area contributed by atoms with Crippen LogP contribution in [0.4, 0.5) is 0 Å². The van der Waals surface area contributed by atoms with E-state index in [1.165, 1.54) is 50.4 Å². The Hall–Kier alpha value is -0.0400. The van der Waals surface area contributed by atoms with E-state index >= 15 is 0 Å². The first-order valence-electron chi connectivity index (χ1n) is 9.51. The van der Waals surface area contributed by atoms with Crippen molar-refractivity contribution in [2.75, 3.05) is 6.61 Å². The summed E-state index contributed by atoms with van der Waals surface area (Å²) in [4.78, 5) is 0. The monoisotopic (exact) mass is 278 g/mol. The van der Waals surface area contributed by atoms with Gasteiger partial charge in [0, 0.05) is 6.61 Å². The Kier molecular flexibility index (Phi) is 5.42. The van der Waals surface area contributed by atoms with Crippen LogP contribution in [0.2, 0.25) is 0 Å². The molecule has 20 heavy (non-hydrogen) atoms. The number of rotatable bonds is 8. The lowest BCUT2D eigenvalue weighted by Gasteiger charge is -2.54. The number of aliphatic hydroxyl groups excluding tert-OH is 1. The second-order valence-corrected chi connectivity index (χ2v) is 7.90. The highest BCUT2D eigenvalue weighted by molar-refractivity contribution is 5.02. The van der Waals surface area contributed by atoms with Crippen molar-refractivity contribution in [2.24, 2.45) is 29.6 Å². The molecule has 3 aliphatic carbocycles. The Labute approximate surface area is 125 Å². The lowest BCUT2D eigenvalue weighted by atomic mass is 9.51. The van der Waals surface area contributed by atoms with Gasteiger partial charge >= 0.3 is 0 Å². The number of fused-ring (bicyclic) bond motifs is 4. The van der Waals surface area contributed by atoms with E-state index < -0.39 is 0 Å². The van der Waals surface area contributed by atoms with Gasteiger partial charge in [-0.1, -0.05) is 51.4 Å². The molecular weight excluding hydrogens is 244 g/mol.